The minimum atomic E-state index is -0.125. The van der Waals surface area contributed by atoms with Crippen molar-refractivity contribution in [2.75, 3.05) is 13.1 Å². The van der Waals surface area contributed by atoms with Crippen molar-refractivity contribution in [2.45, 2.75) is 70.3 Å². The van der Waals surface area contributed by atoms with E-state index in [0.29, 0.717) is 18.2 Å². The lowest BCUT2D eigenvalue weighted by Crippen LogP contribution is -2.53. The fourth-order valence-electron chi connectivity index (χ4n) is 3.18. The fraction of sp³-hybridized carbons (Fsp3) is 1.00. The zero-order valence-corrected chi connectivity index (χ0v) is 10.6. The number of morpholine rings is 1. The normalized spacial score (nSPS) is 42.9. The SMILES string of the molecule is CC1CN(C2CCCCCC2O)CC(C)O1. The van der Waals surface area contributed by atoms with E-state index in [4.69, 9.17) is 4.74 Å². The molecular formula is C13H25NO2. The van der Waals surface area contributed by atoms with Crippen LogP contribution in [-0.2, 0) is 4.74 Å². The molecule has 0 spiro atoms. The molecule has 1 aliphatic carbocycles. The van der Waals surface area contributed by atoms with Gasteiger partial charge in [-0.2, -0.15) is 0 Å². The molecule has 16 heavy (non-hydrogen) atoms. The summed E-state index contributed by atoms with van der Waals surface area (Å²) in [6.07, 6.45) is 6.35. The van der Waals surface area contributed by atoms with Crippen LogP contribution >= 0.6 is 0 Å². The molecule has 0 aromatic heterocycles. The van der Waals surface area contributed by atoms with Crippen LogP contribution in [0.15, 0.2) is 0 Å². The lowest BCUT2D eigenvalue weighted by Gasteiger charge is -2.41. The largest absolute Gasteiger partial charge is 0.391 e. The lowest BCUT2D eigenvalue weighted by atomic mass is 10.0. The molecule has 1 aliphatic heterocycles. The quantitative estimate of drug-likeness (QED) is 0.693. The third kappa shape index (κ3) is 2.96. The van der Waals surface area contributed by atoms with Gasteiger partial charge in [0.15, 0.2) is 0 Å². The molecule has 2 aliphatic rings. The molecule has 1 saturated heterocycles. The number of hydrogen-bond acceptors (Lipinski definition) is 3. The Balaban J connectivity index is 1.98. The van der Waals surface area contributed by atoms with Gasteiger partial charge in [-0.25, -0.2) is 0 Å². The molecule has 0 radical (unpaired) electrons. The van der Waals surface area contributed by atoms with Crippen molar-refractivity contribution in [1.29, 1.82) is 0 Å². The van der Waals surface area contributed by atoms with E-state index in [0.717, 1.165) is 25.9 Å². The minimum absolute atomic E-state index is 0.125. The van der Waals surface area contributed by atoms with E-state index in [1.165, 1.54) is 19.3 Å². The molecule has 1 N–H and O–H groups in total. The van der Waals surface area contributed by atoms with E-state index < -0.39 is 0 Å². The van der Waals surface area contributed by atoms with Crippen LogP contribution in [0.25, 0.3) is 0 Å². The van der Waals surface area contributed by atoms with Gasteiger partial charge in [0.05, 0.1) is 18.3 Å². The molecular weight excluding hydrogens is 202 g/mol. The highest BCUT2D eigenvalue weighted by Gasteiger charge is 2.32. The Morgan fingerprint density at radius 2 is 1.62 bits per heavy atom. The topological polar surface area (TPSA) is 32.7 Å². The molecule has 4 unspecified atom stereocenters. The summed E-state index contributed by atoms with van der Waals surface area (Å²) in [4.78, 5) is 2.45. The molecule has 1 saturated carbocycles. The van der Waals surface area contributed by atoms with Crippen LogP contribution in [0.3, 0.4) is 0 Å². The Bertz CT molecular complexity index is 212. The Kier molecular flexibility index (Phi) is 4.22. The summed E-state index contributed by atoms with van der Waals surface area (Å²) in [7, 11) is 0. The van der Waals surface area contributed by atoms with E-state index in [9.17, 15) is 5.11 Å². The maximum Gasteiger partial charge on any atom is 0.0695 e. The molecule has 3 heteroatoms. The zero-order valence-electron chi connectivity index (χ0n) is 10.6. The minimum Gasteiger partial charge on any atom is -0.391 e. The van der Waals surface area contributed by atoms with Crippen molar-refractivity contribution in [1.82, 2.24) is 4.90 Å². The summed E-state index contributed by atoms with van der Waals surface area (Å²) in [5.74, 6) is 0. The Morgan fingerprint density at radius 1 is 1.00 bits per heavy atom. The maximum absolute atomic E-state index is 10.2. The van der Waals surface area contributed by atoms with Gasteiger partial charge in [0.1, 0.15) is 0 Å². The summed E-state index contributed by atoms with van der Waals surface area (Å²) in [6.45, 7) is 6.22. The molecule has 0 amide bonds. The molecule has 0 bridgehead atoms. The van der Waals surface area contributed by atoms with E-state index in [2.05, 4.69) is 18.7 Å². The lowest BCUT2D eigenvalue weighted by molar-refractivity contribution is -0.0964. The molecule has 3 nitrogen and oxygen atoms in total. The van der Waals surface area contributed by atoms with Gasteiger partial charge in [-0.3, -0.25) is 4.90 Å². The first-order valence-corrected chi connectivity index (χ1v) is 6.74. The van der Waals surface area contributed by atoms with Crippen LogP contribution in [0.5, 0.6) is 0 Å². The van der Waals surface area contributed by atoms with Crippen LogP contribution in [0.1, 0.15) is 46.0 Å². The van der Waals surface area contributed by atoms with Crippen LogP contribution in [0.2, 0.25) is 0 Å². The van der Waals surface area contributed by atoms with Crippen molar-refractivity contribution >= 4 is 0 Å². The van der Waals surface area contributed by atoms with Crippen LogP contribution in [0.4, 0.5) is 0 Å². The van der Waals surface area contributed by atoms with Gasteiger partial charge >= 0.3 is 0 Å². The highest BCUT2D eigenvalue weighted by atomic mass is 16.5. The van der Waals surface area contributed by atoms with Crippen molar-refractivity contribution in [3.8, 4) is 0 Å². The second kappa shape index (κ2) is 5.48. The zero-order chi connectivity index (χ0) is 11.5. The third-order valence-electron chi connectivity index (χ3n) is 3.86. The van der Waals surface area contributed by atoms with Crippen LogP contribution in [-0.4, -0.2) is 47.4 Å². The van der Waals surface area contributed by atoms with Crippen LogP contribution < -0.4 is 0 Å². The predicted molar refractivity (Wildman–Crippen MR) is 64.5 cm³/mol. The summed E-state index contributed by atoms with van der Waals surface area (Å²) in [6, 6.07) is 0.372. The predicted octanol–water partition coefficient (Wildman–Crippen LogP) is 1.79. The van der Waals surface area contributed by atoms with E-state index in [1.54, 1.807) is 0 Å². The first-order valence-electron chi connectivity index (χ1n) is 6.74. The average molecular weight is 227 g/mol. The van der Waals surface area contributed by atoms with E-state index in [1.807, 2.05) is 0 Å². The molecule has 1 heterocycles. The standard InChI is InChI=1S/C13H25NO2/c1-10-8-14(9-11(2)16-10)12-6-4-3-5-7-13(12)15/h10-13,15H,3-9H2,1-2H3. The summed E-state index contributed by atoms with van der Waals surface area (Å²) in [5.41, 5.74) is 0. The molecule has 2 rings (SSSR count). The van der Waals surface area contributed by atoms with E-state index >= 15 is 0 Å². The maximum atomic E-state index is 10.2. The first-order chi connectivity index (χ1) is 7.66. The van der Waals surface area contributed by atoms with Gasteiger partial charge < -0.3 is 9.84 Å². The smallest absolute Gasteiger partial charge is 0.0695 e. The van der Waals surface area contributed by atoms with Crippen molar-refractivity contribution in [3.05, 3.63) is 0 Å². The number of nitrogens with zero attached hydrogens (tertiary/aromatic N) is 1. The molecule has 4 atom stereocenters. The Morgan fingerprint density at radius 3 is 2.31 bits per heavy atom. The molecule has 0 aromatic carbocycles. The highest BCUT2D eigenvalue weighted by Crippen LogP contribution is 2.25. The van der Waals surface area contributed by atoms with Gasteiger partial charge in [0.25, 0.3) is 0 Å². The molecule has 0 aromatic rings. The van der Waals surface area contributed by atoms with Crippen molar-refractivity contribution in [3.63, 3.8) is 0 Å². The summed E-state index contributed by atoms with van der Waals surface area (Å²) in [5, 5.41) is 10.2. The monoisotopic (exact) mass is 227 g/mol. The number of ether oxygens (including phenoxy) is 1. The number of aliphatic hydroxyl groups excluding tert-OH is 1. The van der Waals surface area contributed by atoms with Gasteiger partial charge in [-0.1, -0.05) is 19.3 Å². The second-order valence-corrected chi connectivity index (χ2v) is 5.48. The summed E-state index contributed by atoms with van der Waals surface area (Å²) < 4.78 is 5.75. The first kappa shape index (κ1) is 12.3. The van der Waals surface area contributed by atoms with Gasteiger partial charge in [0.2, 0.25) is 0 Å². The highest BCUT2D eigenvalue weighted by molar-refractivity contribution is 4.85. The number of rotatable bonds is 1. The Labute approximate surface area is 98.8 Å². The average Bonchev–Trinajstić information content (AvgIpc) is 2.41. The van der Waals surface area contributed by atoms with Gasteiger partial charge in [-0.15, -0.1) is 0 Å². The molecule has 2 fully saturated rings. The van der Waals surface area contributed by atoms with Crippen LogP contribution in [0, 0.1) is 0 Å². The fourth-order valence-corrected chi connectivity index (χ4v) is 3.18. The molecule has 94 valence electrons. The van der Waals surface area contributed by atoms with Crippen molar-refractivity contribution < 1.29 is 9.84 Å². The second-order valence-electron chi connectivity index (χ2n) is 5.48. The number of hydrogen-bond donors (Lipinski definition) is 1. The Hall–Kier alpha value is -0.120. The van der Waals surface area contributed by atoms with Crippen molar-refractivity contribution in [2.24, 2.45) is 0 Å². The van der Waals surface area contributed by atoms with Gasteiger partial charge in [-0.05, 0) is 26.7 Å². The van der Waals surface area contributed by atoms with E-state index in [-0.39, 0.29) is 6.10 Å². The van der Waals surface area contributed by atoms with Gasteiger partial charge in [0, 0.05) is 19.1 Å². The third-order valence-corrected chi connectivity index (χ3v) is 3.86. The summed E-state index contributed by atoms with van der Waals surface area (Å²) >= 11 is 0. The number of aliphatic hydroxyl groups is 1.